The van der Waals surface area contributed by atoms with Crippen molar-refractivity contribution in [3.63, 3.8) is 0 Å². The number of aryl methyl sites for hydroxylation is 2. The third-order valence-electron chi connectivity index (χ3n) is 3.71. The first-order chi connectivity index (χ1) is 11.7. The molecule has 0 radical (unpaired) electrons. The second kappa shape index (κ2) is 7.89. The van der Waals surface area contributed by atoms with E-state index in [9.17, 15) is 13.2 Å². The summed E-state index contributed by atoms with van der Waals surface area (Å²) >= 11 is 5.94. The molecule has 0 saturated heterocycles. The van der Waals surface area contributed by atoms with Crippen LogP contribution in [0.25, 0.3) is 0 Å². The minimum Gasteiger partial charge on any atom is -0.326 e. The van der Waals surface area contributed by atoms with Gasteiger partial charge in [-0.05, 0) is 49.2 Å². The molecule has 7 heteroatoms. The molecule has 5 nitrogen and oxygen atoms in total. The van der Waals surface area contributed by atoms with Crippen molar-refractivity contribution < 1.29 is 13.2 Å². The SMILES string of the molecule is Cc1ccc(C)c(NC(=O)CCN(c2cccc(Cl)c2)S(C)(=O)=O)c1. The van der Waals surface area contributed by atoms with Crippen LogP contribution in [0.4, 0.5) is 11.4 Å². The first-order valence-corrected chi connectivity index (χ1v) is 10.00. The first kappa shape index (κ1) is 19.3. The molecule has 2 aromatic rings. The fourth-order valence-corrected chi connectivity index (χ4v) is 3.51. The third-order valence-corrected chi connectivity index (χ3v) is 5.13. The fraction of sp³-hybridized carbons (Fsp3) is 0.278. The summed E-state index contributed by atoms with van der Waals surface area (Å²) in [5, 5.41) is 3.27. The lowest BCUT2D eigenvalue weighted by Crippen LogP contribution is -2.33. The van der Waals surface area contributed by atoms with E-state index in [1.807, 2.05) is 32.0 Å². The van der Waals surface area contributed by atoms with Crippen molar-refractivity contribution in [3.05, 3.63) is 58.6 Å². The third kappa shape index (κ3) is 5.47. The number of halogens is 1. The second-order valence-corrected chi connectivity index (χ2v) is 8.27. The van der Waals surface area contributed by atoms with Gasteiger partial charge in [0.1, 0.15) is 0 Å². The quantitative estimate of drug-likeness (QED) is 0.829. The van der Waals surface area contributed by atoms with Crippen LogP contribution < -0.4 is 9.62 Å². The van der Waals surface area contributed by atoms with Crippen molar-refractivity contribution in [1.82, 2.24) is 0 Å². The highest BCUT2D eigenvalue weighted by Gasteiger charge is 2.19. The van der Waals surface area contributed by atoms with Gasteiger partial charge in [-0.15, -0.1) is 0 Å². The van der Waals surface area contributed by atoms with Gasteiger partial charge >= 0.3 is 0 Å². The largest absolute Gasteiger partial charge is 0.326 e. The lowest BCUT2D eigenvalue weighted by Gasteiger charge is -2.22. The molecule has 0 saturated carbocycles. The molecule has 0 fully saturated rings. The Bertz CT molecular complexity index is 882. The topological polar surface area (TPSA) is 66.5 Å². The number of nitrogens with zero attached hydrogens (tertiary/aromatic N) is 1. The Hall–Kier alpha value is -2.05. The zero-order valence-electron chi connectivity index (χ0n) is 14.4. The highest BCUT2D eigenvalue weighted by Crippen LogP contribution is 2.22. The number of benzene rings is 2. The van der Waals surface area contributed by atoms with Crippen LogP contribution in [0.15, 0.2) is 42.5 Å². The Kier molecular flexibility index (Phi) is 6.08. The molecule has 0 heterocycles. The number of amides is 1. The van der Waals surface area contributed by atoms with Crippen LogP contribution in [0, 0.1) is 13.8 Å². The van der Waals surface area contributed by atoms with E-state index in [0.717, 1.165) is 23.1 Å². The number of hydrogen-bond acceptors (Lipinski definition) is 3. The summed E-state index contributed by atoms with van der Waals surface area (Å²) in [6.45, 7) is 3.89. The van der Waals surface area contributed by atoms with Crippen LogP contribution in [-0.2, 0) is 14.8 Å². The molecule has 0 aromatic heterocycles. The highest BCUT2D eigenvalue weighted by molar-refractivity contribution is 7.92. The van der Waals surface area contributed by atoms with Crippen molar-refractivity contribution in [3.8, 4) is 0 Å². The van der Waals surface area contributed by atoms with E-state index in [1.165, 1.54) is 4.31 Å². The molecular weight excluding hydrogens is 360 g/mol. The molecule has 0 atom stereocenters. The Morgan fingerprint density at radius 2 is 1.88 bits per heavy atom. The minimum absolute atomic E-state index is 0.0347. The normalized spacial score (nSPS) is 11.2. The standard InChI is InChI=1S/C18H21ClN2O3S/c1-13-7-8-14(2)17(11-13)20-18(22)9-10-21(25(3,23)24)16-6-4-5-15(19)12-16/h4-8,11-12H,9-10H2,1-3H3,(H,20,22). The highest BCUT2D eigenvalue weighted by atomic mass is 35.5. The van der Waals surface area contributed by atoms with Gasteiger partial charge in [0, 0.05) is 23.7 Å². The van der Waals surface area contributed by atoms with Crippen molar-refractivity contribution in [2.24, 2.45) is 0 Å². The minimum atomic E-state index is -3.52. The van der Waals surface area contributed by atoms with E-state index in [0.29, 0.717) is 10.7 Å². The van der Waals surface area contributed by atoms with Crippen LogP contribution in [0.5, 0.6) is 0 Å². The van der Waals surface area contributed by atoms with Crippen LogP contribution >= 0.6 is 11.6 Å². The van der Waals surface area contributed by atoms with Crippen molar-refractivity contribution >= 4 is 38.9 Å². The Labute approximate surface area is 153 Å². The van der Waals surface area contributed by atoms with Gasteiger partial charge in [0.25, 0.3) is 0 Å². The van der Waals surface area contributed by atoms with Crippen molar-refractivity contribution in [2.45, 2.75) is 20.3 Å². The molecule has 134 valence electrons. The monoisotopic (exact) mass is 380 g/mol. The summed E-state index contributed by atoms with van der Waals surface area (Å²) in [4.78, 5) is 12.2. The van der Waals surface area contributed by atoms with Gasteiger partial charge < -0.3 is 5.32 Å². The summed E-state index contributed by atoms with van der Waals surface area (Å²) in [6.07, 6.45) is 1.14. The van der Waals surface area contributed by atoms with Crippen LogP contribution in [-0.4, -0.2) is 27.1 Å². The smallest absolute Gasteiger partial charge is 0.232 e. The van der Waals surface area contributed by atoms with Crippen molar-refractivity contribution in [2.75, 3.05) is 22.4 Å². The summed E-state index contributed by atoms with van der Waals surface area (Å²) in [5.41, 5.74) is 3.17. The van der Waals surface area contributed by atoms with Gasteiger partial charge in [0.15, 0.2) is 0 Å². The average molecular weight is 381 g/mol. The lowest BCUT2D eigenvalue weighted by atomic mass is 10.1. The summed E-state index contributed by atoms with van der Waals surface area (Å²) in [5.74, 6) is -0.246. The molecule has 0 aliphatic heterocycles. The predicted molar refractivity (Wildman–Crippen MR) is 103 cm³/mol. The summed E-state index contributed by atoms with van der Waals surface area (Å²) in [6, 6.07) is 12.3. The molecule has 0 aliphatic carbocycles. The molecule has 0 bridgehead atoms. The summed E-state index contributed by atoms with van der Waals surface area (Å²) in [7, 11) is -3.52. The van der Waals surface area contributed by atoms with Gasteiger partial charge in [-0.2, -0.15) is 0 Å². The van der Waals surface area contributed by atoms with E-state index in [1.54, 1.807) is 24.3 Å². The molecule has 1 N–H and O–H groups in total. The maximum atomic E-state index is 12.2. The maximum Gasteiger partial charge on any atom is 0.232 e. The van der Waals surface area contributed by atoms with Gasteiger partial charge in [0.05, 0.1) is 11.9 Å². The Morgan fingerprint density at radius 3 is 2.52 bits per heavy atom. The lowest BCUT2D eigenvalue weighted by molar-refractivity contribution is -0.116. The van der Waals surface area contributed by atoms with Gasteiger partial charge in [-0.25, -0.2) is 8.42 Å². The molecule has 0 unspecified atom stereocenters. The van der Waals surface area contributed by atoms with Crippen LogP contribution in [0.3, 0.4) is 0 Å². The Balaban J connectivity index is 2.10. The van der Waals surface area contributed by atoms with E-state index < -0.39 is 10.0 Å². The van der Waals surface area contributed by atoms with E-state index in [4.69, 9.17) is 11.6 Å². The number of carbonyl (C=O) groups excluding carboxylic acids is 1. The van der Waals surface area contributed by atoms with Crippen LogP contribution in [0.1, 0.15) is 17.5 Å². The number of carbonyl (C=O) groups is 1. The molecule has 25 heavy (non-hydrogen) atoms. The van der Waals surface area contributed by atoms with Gasteiger partial charge in [0.2, 0.25) is 15.9 Å². The molecule has 2 aromatic carbocycles. The van der Waals surface area contributed by atoms with Gasteiger partial charge in [-0.3, -0.25) is 9.10 Å². The zero-order chi connectivity index (χ0) is 18.6. The number of rotatable bonds is 6. The maximum absolute atomic E-state index is 12.2. The summed E-state index contributed by atoms with van der Waals surface area (Å²) < 4.78 is 25.3. The fourth-order valence-electron chi connectivity index (χ4n) is 2.40. The van der Waals surface area contributed by atoms with Gasteiger partial charge in [-0.1, -0.05) is 29.8 Å². The number of anilines is 2. The van der Waals surface area contributed by atoms with E-state index in [-0.39, 0.29) is 18.9 Å². The predicted octanol–water partition coefficient (Wildman–Crippen LogP) is 3.75. The number of nitrogens with one attached hydrogen (secondary N) is 1. The number of sulfonamides is 1. The Morgan fingerprint density at radius 1 is 1.16 bits per heavy atom. The number of hydrogen-bond donors (Lipinski definition) is 1. The zero-order valence-corrected chi connectivity index (χ0v) is 16.0. The molecule has 0 spiro atoms. The van der Waals surface area contributed by atoms with E-state index in [2.05, 4.69) is 5.32 Å². The molecule has 1 amide bonds. The molecule has 2 rings (SSSR count). The van der Waals surface area contributed by atoms with Crippen LogP contribution in [0.2, 0.25) is 5.02 Å². The first-order valence-electron chi connectivity index (χ1n) is 7.77. The second-order valence-electron chi connectivity index (χ2n) is 5.93. The van der Waals surface area contributed by atoms with E-state index >= 15 is 0 Å². The van der Waals surface area contributed by atoms with Crippen molar-refractivity contribution in [1.29, 1.82) is 0 Å². The average Bonchev–Trinajstić information content (AvgIpc) is 2.50. The molecular formula is C18H21ClN2O3S. The molecule has 0 aliphatic rings.